The number of hydrogen-bond donors (Lipinski definition) is 1. The zero-order valence-corrected chi connectivity index (χ0v) is 18.8. The minimum absolute atomic E-state index is 0.0659. The molecule has 33 heavy (non-hydrogen) atoms. The summed E-state index contributed by atoms with van der Waals surface area (Å²) in [5.41, 5.74) is 1.08. The van der Waals surface area contributed by atoms with E-state index in [1.165, 1.54) is 34.9 Å². The number of sulfonamides is 1. The molecular weight excluding hydrogens is 449 g/mol. The maximum atomic E-state index is 14.1. The SMILES string of the molecule is C=C1/C=C\C(F)=C/CN([C@H]2CN(S(=O)(=O)c3ccc4occc4c3)C[C@H]2C)N=C1CC(=O)O. The van der Waals surface area contributed by atoms with Gasteiger partial charge in [0.25, 0.3) is 0 Å². The van der Waals surface area contributed by atoms with Gasteiger partial charge in [0.15, 0.2) is 0 Å². The molecule has 1 saturated heterocycles. The number of carbonyl (C=O) groups is 1. The molecule has 174 valence electrons. The Morgan fingerprint density at radius 1 is 1.30 bits per heavy atom. The van der Waals surface area contributed by atoms with Crippen molar-refractivity contribution in [2.75, 3.05) is 19.6 Å². The van der Waals surface area contributed by atoms with Crippen molar-refractivity contribution >= 4 is 32.7 Å². The van der Waals surface area contributed by atoms with Crippen LogP contribution in [0.3, 0.4) is 0 Å². The van der Waals surface area contributed by atoms with Crippen LogP contribution in [0, 0.1) is 5.92 Å². The molecule has 2 aliphatic rings. The fraction of sp³-hybridized carbons (Fsp3) is 0.304. The van der Waals surface area contributed by atoms with Crippen molar-refractivity contribution in [1.82, 2.24) is 9.31 Å². The smallest absolute Gasteiger partial charge is 0.309 e. The Labute approximate surface area is 191 Å². The van der Waals surface area contributed by atoms with Gasteiger partial charge in [-0.3, -0.25) is 9.80 Å². The molecule has 2 aliphatic heterocycles. The summed E-state index contributed by atoms with van der Waals surface area (Å²) < 4.78 is 47.5. The fourth-order valence-corrected chi connectivity index (χ4v) is 5.63. The van der Waals surface area contributed by atoms with Gasteiger partial charge in [0, 0.05) is 18.5 Å². The van der Waals surface area contributed by atoms with Crippen LogP contribution in [0.15, 0.2) is 81.1 Å². The first-order chi connectivity index (χ1) is 15.6. The molecule has 0 radical (unpaired) electrons. The first-order valence-corrected chi connectivity index (χ1v) is 11.9. The van der Waals surface area contributed by atoms with Crippen LogP contribution < -0.4 is 0 Å². The Morgan fingerprint density at radius 3 is 2.85 bits per heavy atom. The van der Waals surface area contributed by atoms with Crippen LogP contribution in [0.5, 0.6) is 0 Å². The summed E-state index contributed by atoms with van der Waals surface area (Å²) in [6.07, 6.45) is 5.05. The standard InChI is InChI=1S/C23H24FN3O5S/c1-15-3-4-18(24)7-9-27(25-20(15)12-23(28)29)21-14-26(13-16(21)2)33(30,31)19-5-6-22-17(11-19)8-10-32-22/h3-8,10-11,16,21H,1,9,12-14H2,2H3,(H,28,29)/b4-3-,18-7+,25-20?/t16-,21+/m1/s1. The highest BCUT2D eigenvalue weighted by atomic mass is 32.2. The van der Waals surface area contributed by atoms with E-state index in [2.05, 4.69) is 11.7 Å². The number of nitrogens with zero attached hydrogens (tertiary/aromatic N) is 3. The lowest BCUT2D eigenvalue weighted by molar-refractivity contribution is -0.135. The highest BCUT2D eigenvalue weighted by Gasteiger charge is 2.40. The zero-order chi connectivity index (χ0) is 23.8. The Morgan fingerprint density at radius 2 is 2.09 bits per heavy atom. The molecule has 10 heteroatoms. The monoisotopic (exact) mass is 473 g/mol. The quantitative estimate of drug-likeness (QED) is 0.712. The molecule has 0 unspecified atom stereocenters. The number of fused-ring (bicyclic) bond motifs is 1. The van der Waals surface area contributed by atoms with Gasteiger partial charge >= 0.3 is 5.97 Å². The number of hydrazone groups is 1. The molecule has 1 aromatic carbocycles. The van der Waals surface area contributed by atoms with Gasteiger partial charge in [0.2, 0.25) is 10.0 Å². The molecule has 2 aromatic rings. The number of allylic oxidation sites excluding steroid dienone is 4. The number of furan rings is 1. The third kappa shape index (κ3) is 4.76. The number of carboxylic acid groups (broad SMARTS) is 1. The van der Waals surface area contributed by atoms with Crippen molar-refractivity contribution in [3.63, 3.8) is 0 Å². The average Bonchev–Trinajstić information content (AvgIpc) is 3.40. The topological polar surface area (TPSA) is 103 Å². The van der Waals surface area contributed by atoms with E-state index >= 15 is 0 Å². The first kappa shape index (κ1) is 22.9. The minimum atomic E-state index is -3.79. The molecule has 0 saturated carbocycles. The van der Waals surface area contributed by atoms with E-state index < -0.39 is 21.8 Å². The largest absolute Gasteiger partial charge is 0.481 e. The second-order valence-corrected chi connectivity index (χ2v) is 10.1. The molecule has 8 nitrogen and oxygen atoms in total. The highest BCUT2D eigenvalue weighted by molar-refractivity contribution is 7.89. The van der Waals surface area contributed by atoms with Crippen LogP contribution in [0.25, 0.3) is 11.0 Å². The molecule has 0 amide bonds. The van der Waals surface area contributed by atoms with Gasteiger partial charge in [-0.15, -0.1) is 0 Å². The summed E-state index contributed by atoms with van der Waals surface area (Å²) in [5, 5.41) is 16.0. The van der Waals surface area contributed by atoms with Gasteiger partial charge in [-0.25, -0.2) is 12.8 Å². The third-order valence-electron chi connectivity index (χ3n) is 5.84. The molecule has 2 atom stereocenters. The number of halogens is 1. The maximum absolute atomic E-state index is 14.1. The Balaban J connectivity index is 1.63. The second kappa shape index (κ2) is 8.95. The molecule has 4 rings (SSSR count). The second-order valence-electron chi connectivity index (χ2n) is 8.17. The van der Waals surface area contributed by atoms with Gasteiger partial charge in [0.05, 0.1) is 35.9 Å². The molecule has 0 spiro atoms. The Kier molecular flexibility index (Phi) is 6.22. The van der Waals surface area contributed by atoms with Gasteiger partial charge in [-0.05, 0) is 47.9 Å². The van der Waals surface area contributed by atoms with E-state index in [4.69, 9.17) is 4.42 Å². The molecule has 1 fully saturated rings. The van der Waals surface area contributed by atoms with E-state index in [0.29, 0.717) is 11.0 Å². The number of benzene rings is 1. The van der Waals surface area contributed by atoms with Crippen molar-refractivity contribution in [2.24, 2.45) is 11.0 Å². The van der Waals surface area contributed by atoms with Crippen LogP contribution in [0.1, 0.15) is 13.3 Å². The highest BCUT2D eigenvalue weighted by Crippen LogP contribution is 2.30. The van der Waals surface area contributed by atoms with Crippen molar-refractivity contribution in [3.05, 3.63) is 66.7 Å². The normalized spacial score (nSPS) is 25.2. The summed E-state index contributed by atoms with van der Waals surface area (Å²) >= 11 is 0. The Bertz CT molecular complexity index is 1290. The van der Waals surface area contributed by atoms with Crippen molar-refractivity contribution in [2.45, 2.75) is 24.3 Å². The molecule has 0 bridgehead atoms. The van der Waals surface area contributed by atoms with Crippen LogP contribution in [-0.4, -0.2) is 60.2 Å². The van der Waals surface area contributed by atoms with E-state index in [1.807, 2.05) is 6.92 Å². The molecule has 3 heterocycles. The van der Waals surface area contributed by atoms with E-state index in [-0.39, 0.29) is 54.2 Å². The first-order valence-electron chi connectivity index (χ1n) is 10.4. The van der Waals surface area contributed by atoms with Gasteiger partial charge in [-0.1, -0.05) is 19.6 Å². The van der Waals surface area contributed by atoms with Crippen LogP contribution in [-0.2, 0) is 14.8 Å². The summed E-state index contributed by atoms with van der Waals surface area (Å²) in [4.78, 5) is 11.5. The van der Waals surface area contributed by atoms with Crippen LogP contribution >= 0.6 is 0 Å². The molecule has 1 aromatic heterocycles. The summed E-state index contributed by atoms with van der Waals surface area (Å²) in [7, 11) is -3.79. The Hall–Kier alpha value is -3.24. The number of hydrogen-bond acceptors (Lipinski definition) is 6. The van der Waals surface area contributed by atoms with Gasteiger partial charge < -0.3 is 9.52 Å². The average molecular weight is 474 g/mol. The van der Waals surface area contributed by atoms with E-state index in [9.17, 15) is 22.7 Å². The van der Waals surface area contributed by atoms with Crippen molar-refractivity contribution < 1.29 is 27.1 Å². The van der Waals surface area contributed by atoms with E-state index in [0.717, 1.165) is 0 Å². The molecule has 1 N–H and O–H groups in total. The number of carboxylic acids is 1. The van der Waals surface area contributed by atoms with Crippen LogP contribution in [0.4, 0.5) is 4.39 Å². The zero-order valence-electron chi connectivity index (χ0n) is 18.0. The summed E-state index contributed by atoms with van der Waals surface area (Å²) in [6.45, 7) is 6.15. The molecular formula is C23H24FN3O5S. The lowest BCUT2D eigenvalue weighted by atomic mass is 10.1. The predicted molar refractivity (Wildman–Crippen MR) is 122 cm³/mol. The molecule has 0 aliphatic carbocycles. The number of rotatable bonds is 5. The number of aliphatic carboxylic acids is 1. The van der Waals surface area contributed by atoms with Gasteiger partial charge in [-0.2, -0.15) is 9.41 Å². The lowest BCUT2D eigenvalue weighted by Crippen LogP contribution is -2.38. The predicted octanol–water partition coefficient (Wildman–Crippen LogP) is 3.55. The fourth-order valence-electron chi connectivity index (χ4n) is 4.03. The van der Waals surface area contributed by atoms with Crippen molar-refractivity contribution in [3.8, 4) is 0 Å². The third-order valence-corrected chi connectivity index (χ3v) is 7.67. The summed E-state index contributed by atoms with van der Waals surface area (Å²) in [5.74, 6) is -1.73. The lowest BCUT2D eigenvalue weighted by Gasteiger charge is -2.28. The van der Waals surface area contributed by atoms with Crippen LogP contribution in [0.2, 0.25) is 0 Å². The van der Waals surface area contributed by atoms with Crippen molar-refractivity contribution in [1.29, 1.82) is 0 Å². The van der Waals surface area contributed by atoms with E-state index in [1.54, 1.807) is 23.2 Å². The summed E-state index contributed by atoms with van der Waals surface area (Å²) in [6, 6.07) is 6.03. The van der Waals surface area contributed by atoms with Gasteiger partial charge in [0.1, 0.15) is 11.4 Å². The maximum Gasteiger partial charge on any atom is 0.309 e. The minimum Gasteiger partial charge on any atom is -0.481 e.